The van der Waals surface area contributed by atoms with Gasteiger partial charge in [-0.2, -0.15) is 0 Å². The number of phenolic OH excluding ortho intramolecular Hbond substituents is 1. The van der Waals surface area contributed by atoms with Crippen molar-refractivity contribution in [3.63, 3.8) is 0 Å². The molecular weight excluding hydrogens is 314 g/mol. The molecule has 0 atom stereocenters. The van der Waals surface area contributed by atoms with Crippen molar-refractivity contribution in [3.8, 4) is 5.75 Å². The molecule has 2 aromatic carbocycles. The molecule has 0 heterocycles. The van der Waals surface area contributed by atoms with Crippen LogP contribution in [0.25, 0.3) is 0 Å². The van der Waals surface area contributed by atoms with Crippen molar-refractivity contribution in [3.05, 3.63) is 64.7 Å². The summed E-state index contributed by atoms with van der Waals surface area (Å²) in [6.45, 7) is 8.19. The molecule has 4 heteroatoms. The smallest absolute Gasteiger partial charge is 0.407 e. The largest absolute Gasteiger partial charge is 0.508 e. The molecule has 4 nitrogen and oxygen atoms in total. The van der Waals surface area contributed by atoms with Crippen LogP contribution in [0, 0.1) is 6.92 Å². The molecule has 0 aliphatic rings. The fraction of sp³-hybridized carbons (Fsp3) is 0.381. The van der Waals surface area contributed by atoms with Gasteiger partial charge in [-0.3, -0.25) is 0 Å². The standard InChI is InChI=1S/C21H27NO3/c1-15-13-17(11-12-22-20(24)25-21(2,3)4)5-8-18(15)14-16-6-9-19(23)10-7-16/h5-10,13,23H,11-12,14H2,1-4H3,(H,22,24). The number of ether oxygens (including phenoxy) is 1. The van der Waals surface area contributed by atoms with E-state index >= 15 is 0 Å². The van der Waals surface area contributed by atoms with Gasteiger partial charge in [0.2, 0.25) is 0 Å². The minimum absolute atomic E-state index is 0.285. The number of rotatable bonds is 5. The minimum Gasteiger partial charge on any atom is -0.508 e. The molecule has 0 aliphatic carbocycles. The normalized spacial score (nSPS) is 11.2. The van der Waals surface area contributed by atoms with Gasteiger partial charge in [0.15, 0.2) is 0 Å². The SMILES string of the molecule is Cc1cc(CCNC(=O)OC(C)(C)C)ccc1Cc1ccc(O)cc1. The Morgan fingerprint density at radius 1 is 1.08 bits per heavy atom. The highest BCUT2D eigenvalue weighted by Crippen LogP contribution is 2.18. The number of aromatic hydroxyl groups is 1. The number of hydrogen-bond donors (Lipinski definition) is 2. The molecule has 0 radical (unpaired) electrons. The van der Waals surface area contributed by atoms with Crippen LogP contribution in [-0.4, -0.2) is 23.3 Å². The van der Waals surface area contributed by atoms with Gasteiger partial charge in [-0.05, 0) is 74.9 Å². The molecule has 2 N–H and O–H groups in total. The fourth-order valence-electron chi connectivity index (χ4n) is 2.57. The van der Waals surface area contributed by atoms with E-state index in [0.29, 0.717) is 6.54 Å². The average molecular weight is 341 g/mol. The summed E-state index contributed by atoms with van der Waals surface area (Å²) in [4.78, 5) is 11.6. The first kappa shape index (κ1) is 18.8. The highest BCUT2D eigenvalue weighted by molar-refractivity contribution is 5.67. The van der Waals surface area contributed by atoms with Gasteiger partial charge in [-0.25, -0.2) is 4.79 Å². The summed E-state index contributed by atoms with van der Waals surface area (Å²) in [6, 6.07) is 13.7. The number of aryl methyl sites for hydroxylation is 1. The van der Waals surface area contributed by atoms with Gasteiger partial charge < -0.3 is 15.2 Å². The highest BCUT2D eigenvalue weighted by atomic mass is 16.6. The number of benzene rings is 2. The second kappa shape index (κ2) is 8.06. The third-order valence-electron chi connectivity index (χ3n) is 3.82. The lowest BCUT2D eigenvalue weighted by Gasteiger charge is -2.19. The van der Waals surface area contributed by atoms with E-state index in [0.717, 1.165) is 12.8 Å². The number of hydrogen-bond acceptors (Lipinski definition) is 3. The number of carbonyl (C=O) groups excluding carboxylic acids is 1. The fourth-order valence-corrected chi connectivity index (χ4v) is 2.57. The zero-order valence-electron chi connectivity index (χ0n) is 15.4. The van der Waals surface area contributed by atoms with Crippen LogP contribution in [-0.2, 0) is 17.6 Å². The Hall–Kier alpha value is -2.49. The Morgan fingerprint density at radius 2 is 1.72 bits per heavy atom. The number of nitrogens with one attached hydrogen (secondary N) is 1. The van der Waals surface area contributed by atoms with E-state index in [1.54, 1.807) is 12.1 Å². The van der Waals surface area contributed by atoms with Gasteiger partial charge in [0.25, 0.3) is 0 Å². The molecule has 0 aromatic heterocycles. The van der Waals surface area contributed by atoms with Crippen molar-refractivity contribution in [1.29, 1.82) is 0 Å². The summed E-state index contributed by atoms with van der Waals surface area (Å²) in [5, 5.41) is 12.1. The van der Waals surface area contributed by atoms with Crippen LogP contribution in [0.15, 0.2) is 42.5 Å². The molecule has 2 aromatic rings. The lowest BCUT2D eigenvalue weighted by Crippen LogP contribution is -2.33. The van der Waals surface area contributed by atoms with Crippen molar-refractivity contribution < 1.29 is 14.6 Å². The second-order valence-electron chi connectivity index (χ2n) is 7.28. The third kappa shape index (κ3) is 6.49. The Balaban J connectivity index is 1.88. The van der Waals surface area contributed by atoms with Crippen LogP contribution in [0.3, 0.4) is 0 Å². The summed E-state index contributed by atoms with van der Waals surface area (Å²) in [5.74, 6) is 0.285. The molecule has 0 bridgehead atoms. The molecule has 134 valence electrons. The molecular formula is C21H27NO3. The van der Waals surface area contributed by atoms with Crippen LogP contribution in [0.1, 0.15) is 43.0 Å². The molecule has 0 aliphatic heterocycles. The van der Waals surface area contributed by atoms with Crippen molar-refractivity contribution in [1.82, 2.24) is 5.32 Å². The van der Waals surface area contributed by atoms with E-state index in [2.05, 4.69) is 30.4 Å². The van der Waals surface area contributed by atoms with Crippen LogP contribution >= 0.6 is 0 Å². The second-order valence-corrected chi connectivity index (χ2v) is 7.28. The summed E-state index contributed by atoms with van der Waals surface area (Å²) in [5.41, 5.74) is 4.36. The van der Waals surface area contributed by atoms with E-state index in [4.69, 9.17) is 4.74 Å². The Labute approximate surface area is 149 Å². The van der Waals surface area contributed by atoms with E-state index in [9.17, 15) is 9.90 Å². The quantitative estimate of drug-likeness (QED) is 0.849. The summed E-state index contributed by atoms with van der Waals surface area (Å²) in [7, 11) is 0. The molecule has 2 rings (SSSR count). The monoisotopic (exact) mass is 341 g/mol. The predicted octanol–water partition coefficient (Wildman–Crippen LogP) is 4.36. The zero-order valence-corrected chi connectivity index (χ0v) is 15.4. The molecule has 1 amide bonds. The van der Waals surface area contributed by atoms with Crippen LogP contribution in [0.4, 0.5) is 4.79 Å². The first-order valence-corrected chi connectivity index (χ1v) is 8.56. The van der Waals surface area contributed by atoms with Gasteiger partial charge in [0.1, 0.15) is 11.4 Å². The Bertz CT molecular complexity index is 715. The topological polar surface area (TPSA) is 58.6 Å². The molecule has 0 fully saturated rings. The van der Waals surface area contributed by atoms with Crippen LogP contribution < -0.4 is 5.32 Å². The summed E-state index contributed by atoms with van der Waals surface area (Å²) in [6.07, 6.45) is 1.22. The first-order valence-electron chi connectivity index (χ1n) is 8.56. The lowest BCUT2D eigenvalue weighted by molar-refractivity contribution is 0.0528. The average Bonchev–Trinajstić information content (AvgIpc) is 2.50. The molecule has 0 saturated carbocycles. The van der Waals surface area contributed by atoms with Gasteiger partial charge in [0.05, 0.1) is 0 Å². The maximum atomic E-state index is 11.6. The van der Waals surface area contributed by atoms with Gasteiger partial charge in [-0.1, -0.05) is 30.3 Å². The van der Waals surface area contributed by atoms with E-state index in [1.807, 2.05) is 32.9 Å². The Morgan fingerprint density at radius 3 is 2.32 bits per heavy atom. The first-order chi connectivity index (χ1) is 11.7. The van der Waals surface area contributed by atoms with Crippen molar-refractivity contribution in [2.75, 3.05) is 6.54 Å². The highest BCUT2D eigenvalue weighted by Gasteiger charge is 2.15. The molecule has 0 unspecified atom stereocenters. The molecule has 0 saturated heterocycles. The maximum Gasteiger partial charge on any atom is 0.407 e. The third-order valence-corrected chi connectivity index (χ3v) is 3.82. The van der Waals surface area contributed by atoms with Crippen LogP contribution in [0.2, 0.25) is 0 Å². The zero-order chi connectivity index (χ0) is 18.4. The molecule has 0 spiro atoms. The number of carbonyl (C=O) groups is 1. The number of amides is 1. The number of phenols is 1. The minimum atomic E-state index is -0.476. The van der Waals surface area contributed by atoms with Crippen molar-refractivity contribution >= 4 is 6.09 Å². The van der Waals surface area contributed by atoms with E-state index in [1.165, 1.54) is 22.3 Å². The Kier molecular flexibility index (Phi) is 6.07. The van der Waals surface area contributed by atoms with Crippen molar-refractivity contribution in [2.24, 2.45) is 0 Å². The molecule has 25 heavy (non-hydrogen) atoms. The predicted molar refractivity (Wildman–Crippen MR) is 100 cm³/mol. The van der Waals surface area contributed by atoms with Gasteiger partial charge in [0, 0.05) is 6.54 Å². The van der Waals surface area contributed by atoms with Gasteiger partial charge in [-0.15, -0.1) is 0 Å². The van der Waals surface area contributed by atoms with Crippen LogP contribution in [0.5, 0.6) is 5.75 Å². The lowest BCUT2D eigenvalue weighted by atomic mass is 9.97. The maximum absolute atomic E-state index is 11.6. The van der Waals surface area contributed by atoms with E-state index in [-0.39, 0.29) is 11.8 Å². The summed E-state index contributed by atoms with van der Waals surface area (Å²) < 4.78 is 5.23. The van der Waals surface area contributed by atoms with E-state index < -0.39 is 5.60 Å². The van der Waals surface area contributed by atoms with Crippen molar-refractivity contribution in [2.45, 2.75) is 46.1 Å². The van der Waals surface area contributed by atoms with Gasteiger partial charge >= 0.3 is 6.09 Å². The number of alkyl carbamates (subject to hydrolysis) is 1. The summed E-state index contributed by atoms with van der Waals surface area (Å²) >= 11 is 0.